The van der Waals surface area contributed by atoms with Gasteiger partial charge in [-0.05, 0) is 37.3 Å². The van der Waals surface area contributed by atoms with Crippen molar-refractivity contribution in [2.24, 2.45) is 5.92 Å². The van der Waals surface area contributed by atoms with Gasteiger partial charge < -0.3 is 4.90 Å². The molecule has 0 amide bonds. The molecule has 1 heterocycles. The molecule has 19 heavy (non-hydrogen) atoms. The second kappa shape index (κ2) is 6.93. The minimum atomic E-state index is 0.708. The highest BCUT2D eigenvalue weighted by Crippen LogP contribution is 2.28. The van der Waals surface area contributed by atoms with Crippen molar-refractivity contribution >= 4 is 5.69 Å². The zero-order valence-electron chi connectivity index (χ0n) is 12.7. The van der Waals surface area contributed by atoms with Crippen molar-refractivity contribution in [2.45, 2.75) is 65.3 Å². The molecule has 2 nitrogen and oxygen atoms in total. The summed E-state index contributed by atoms with van der Waals surface area (Å²) in [4.78, 5) is 7.08. The Morgan fingerprint density at radius 1 is 1.26 bits per heavy atom. The molecule has 2 rings (SSSR count). The van der Waals surface area contributed by atoms with E-state index < -0.39 is 0 Å². The number of hydrogen-bond acceptors (Lipinski definition) is 2. The number of nitrogens with zero attached hydrogens (tertiary/aromatic N) is 2. The zero-order valence-corrected chi connectivity index (χ0v) is 12.7. The molecular formula is C17H28N2. The minimum absolute atomic E-state index is 0.708. The molecule has 1 aromatic rings. The first-order valence-corrected chi connectivity index (χ1v) is 7.92. The molecule has 2 heteroatoms. The summed E-state index contributed by atoms with van der Waals surface area (Å²) in [5.41, 5.74) is 2.59. The molecule has 0 aromatic carbocycles. The molecule has 0 spiro atoms. The van der Waals surface area contributed by atoms with Gasteiger partial charge in [0.1, 0.15) is 0 Å². The van der Waals surface area contributed by atoms with E-state index in [0.29, 0.717) is 5.92 Å². The van der Waals surface area contributed by atoms with Crippen LogP contribution in [0, 0.1) is 5.92 Å². The summed E-state index contributed by atoms with van der Waals surface area (Å²) in [5, 5.41) is 0. The lowest BCUT2D eigenvalue weighted by Gasteiger charge is -2.37. The van der Waals surface area contributed by atoms with Crippen molar-refractivity contribution in [3.8, 4) is 0 Å². The summed E-state index contributed by atoms with van der Waals surface area (Å²) < 4.78 is 0. The maximum Gasteiger partial charge on any atom is 0.0421 e. The molecule has 1 aromatic heterocycles. The van der Waals surface area contributed by atoms with Crippen LogP contribution in [-0.2, 0) is 6.42 Å². The van der Waals surface area contributed by atoms with Gasteiger partial charge in [-0.25, -0.2) is 0 Å². The van der Waals surface area contributed by atoms with Crippen molar-refractivity contribution in [1.29, 1.82) is 0 Å². The van der Waals surface area contributed by atoms with E-state index in [2.05, 4.69) is 42.8 Å². The Kier molecular flexibility index (Phi) is 5.24. The van der Waals surface area contributed by atoms with Gasteiger partial charge in [-0.1, -0.05) is 40.0 Å². The summed E-state index contributed by atoms with van der Waals surface area (Å²) in [6, 6.07) is 5.22. The SMILES string of the molecule is CCc1cc(N(CC(C)C)C2CCCCC2)ccn1. The summed E-state index contributed by atoms with van der Waals surface area (Å²) in [6.45, 7) is 7.98. The number of rotatable bonds is 5. The van der Waals surface area contributed by atoms with Crippen molar-refractivity contribution in [1.82, 2.24) is 4.98 Å². The molecule has 1 fully saturated rings. The predicted octanol–water partition coefficient (Wildman–Crippen LogP) is 4.44. The van der Waals surface area contributed by atoms with E-state index in [-0.39, 0.29) is 0 Å². The van der Waals surface area contributed by atoms with E-state index in [0.717, 1.165) is 19.0 Å². The maximum atomic E-state index is 4.44. The second-order valence-electron chi connectivity index (χ2n) is 6.20. The van der Waals surface area contributed by atoms with Crippen molar-refractivity contribution < 1.29 is 0 Å². The van der Waals surface area contributed by atoms with Crippen LogP contribution in [0.5, 0.6) is 0 Å². The Labute approximate surface area is 118 Å². The number of aromatic nitrogens is 1. The third kappa shape index (κ3) is 3.95. The fraction of sp³-hybridized carbons (Fsp3) is 0.706. The first-order chi connectivity index (χ1) is 9.20. The monoisotopic (exact) mass is 260 g/mol. The van der Waals surface area contributed by atoms with Crippen LogP contribution in [0.2, 0.25) is 0 Å². The molecule has 0 radical (unpaired) electrons. The van der Waals surface area contributed by atoms with Crippen LogP contribution in [0.25, 0.3) is 0 Å². The Bertz CT molecular complexity index is 381. The summed E-state index contributed by atoms with van der Waals surface area (Å²) in [7, 11) is 0. The Hall–Kier alpha value is -1.05. The normalized spacial score (nSPS) is 16.8. The van der Waals surface area contributed by atoms with Gasteiger partial charge in [-0.2, -0.15) is 0 Å². The summed E-state index contributed by atoms with van der Waals surface area (Å²) in [5.74, 6) is 0.708. The van der Waals surface area contributed by atoms with Gasteiger partial charge in [-0.3, -0.25) is 4.98 Å². The molecule has 0 N–H and O–H groups in total. The minimum Gasteiger partial charge on any atom is -0.368 e. The van der Waals surface area contributed by atoms with E-state index in [9.17, 15) is 0 Å². The third-order valence-corrected chi connectivity index (χ3v) is 4.07. The molecule has 106 valence electrons. The zero-order chi connectivity index (χ0) is 13.7. The average molecular weight is 260 g/mol. The molecule has 0 bridgehead atoms. The fourth-order valence-corrected chi connectivity index (χ4v) is 3.09. The lowest BCUT2D eigenvalue weighted by Crippen LogP contribution is -2.39. The van der Waals surface area contributed by atoms with E-state index in [1.54, 1.807) is 0 Å². The van der Waals surface area contributed by atoms with Crippen LogP contribution in [0.15, 0.2) is 18.3 Å². The Morgan fingerprint density at radius 3 is 2.63 bits per heavy atom. The number of aryl methyl sites for hydroxylation is 1. The largest absolute Gasteiger partial charge is 0.368 e. The number of pyridine rings is 1. The van der Waals surface area contributed by atoms with Crippen molar-refractivity contribution in [3.63, 3.8) is 0 Å². The Morgan fingerprint density at radius 2 is 2.00 bits per heavy atom. The highest BCUT2D eigenvalue weighted by molar-refractivity contribution is 5.47. The second-order valence-corrected chi connectivity index (χ2v) is 6.20. The molecule has 0 atom stereocenters. The quantitative estimate of drug-likeness (QED) is 0.778. The van der Waals surface area contributed by atoms with Crippen LogP contribution in [0.3, 0.4) is 0 Å². The van der Waals surface area contributed by atoms with Crippen LogP contribution >= 0.6 is 0 Å². The number of hydrogen-bond donors (Lipinski definition) is 0. The topological polar surface area (TPSA) is 16.1 Å². The third-order valence-electron chi connectivity index (χ3n) is 4.07. The maximum absolute atomic E-state index is 4.44. The van der Waals surface area contributed by atoms with Gasteiger partial charge >= 0.3 is 0 Å². The molecular weight excluding hydrogens is 232 g/mol. The van der Waals surface area contributed by atoms with Gasteiger partial charge in [-0.15, -0.1) is 0 Å². The lowest BCUT2D eigenvalue weighted by atomic mass is 9.93. The van der Waals surface area contributed by atoms with Gasteiger partial charge in [0, 0.05) is 30.2 Å². The van der Waals surface area contributed by atoms with Crippen LogP contribution in [-0.4, -0.2) is 17.6 Å². The highest BCUT2D eigenvalue weighted by Gasteiger charge is 2.22. The van der Waals surface area contributed by atoms with Crippen LogP contribution < -0.4 is 4.90 Å². The van der Waals surface area contributed by atoms with E-state index in [1.807, 2.05) is 6.20 Å². The summed E-state index contributed by atoms with van der Waals surface area (Å²) >= 11 is 0. The average Bonchev–Trinajstić information content (AvgIpc) is 2.45. The van der Waals surface area contributed by atoms with E-state index in [1.165, 1.54) is 43.5 Å². The van der Waals surface area contributed by atoms with E-state index in [4.69, 9.17) is 0 Å². The molecule has 1 aliphatic carbocycles. The fourth-order valence-electron chi connectivity index (χ4n) is 3.09. The van der Waals surface area contributed by atoms with Gasteiger partial charge in [0.2, 0.25) is 0 Å². The predicted molar refractivity (Wildman–Crippen MR) is 82.7 cm³/mol. The van der Waals surface area contributed by atoms with Crippen molar-refractivity contribution in [2.75, 3.05) is 11.4 Å². The standard InChI is InChI=1S/C17H28N2/c1-4-15-12-17(10-11-18-15)19(13-14(2)3)16-8-6-5-7-9-16/h10-12,14,16H,4-9,13H2,1-3H3. The molecule has 0 saturated heterocycles. The van der Waals surface area contributed by atoms with Gasteiger partial charge in [0.05, 0.1) is 0 Å². The summed E-state index contributed by atoms with van der Waals surface area (Å²) in [6.07, 6.45) is 9.92. The smallest absolute Gasteiger partial charge is 0.0421 e. The molecule has 0 aliphatic heterocycles. The first kappa shape index (κ1) is 14.4. The van der Waals surface area contributed by atoms with Crippen LogP contribution in [0.4, 0.5) is 5.69 Å². The van der Waals surface area contributed by atoms with Gasteiger partial charge in [0.15, 0.2) is 0 Å². The van der Waals surface area contributed by atoms with Crippen molar-refractivity contribution in [3.05, 3.63) is 24.0 Å². The first-order valence-electron chi connectivity index (χ1n) is 7.92. The molecule has 1 saturated carbocycles. The molecule has 1 aliphatic rings. The Balaban J connectivity index is 2.19. The lowest BCUT2D eigenvalue weighted by molar-refractivity contribution is 0.401. The molecule has 0 unspecified atom stereocenters. The van der Waals surface area contributed by atoms with E-state index >= 15 is 0 Å². The van der Waals surface area contributed by atoms with Crippen LogP contribution in [0.1, 0.15) is 58.6 Å². The van der Waals surface area contributed by atoms with Gasteiger partial charge in [0.25, 0.3) is 0 Å². The highest BCUT2D eigenvalue weighted by atomic mass is 15.2. The number of anilines is 1.